The van der Waals surface area contributed by atoms with Gasteiger partial charge in [0.25, 0.3) is 0 Å². The van der Waals surface area contributed by atoms with Gasteiger partial charge in [-0.2, -0.15) is 5.10 Å². The lowest BCUT2D eigenvalue weighted by Crippen LogP contribution is -2.20. The number of urea groups is 1. The lowest BCUT2D eigenvalue weighted by Gasteiger charge is -2.10. The number of Topliss-reactive ketones (excluding diaryl/α,β-unsaturated/α-hetero) is 1. The number of nitrogen functional groups attached to an aromatic ring is 1. The highest BCUT2D eigenvalue weighted by Gasteiger charge is 2.12. The summed E-state index contributed by atoms with van der Waals surface area (Å²) in [6, 6.07) is 16.1. The van der Waals surface area contributed by atoms with Crippen LogP contribution in [0.25, 0.3) is 22.0 Å². The number of amides is 2. The van der Waals surface area contributed by atoms with Gasteiger partial charge in [-0.1, -0.05) is 24.3 Å². The second-order valence-corrected chi connectivity index (χ2v) is 6.74. The fraction of sp³-hybridized carbons (Fsp3) is 0.0455. The van der Waals surface area contributed by atoms with E-state index in [0.29, 0.717) is 17.1 Å². The van der Waals surface area contributed by atoms with Gasteiger partial charge < -0.3 is 16.4 Å². The number of anilines is 3. The van der Waals surface area contributed by atoms with Gasteiger partial charge in [-0.3, -0.25) is 9.89 Å². The Hall–Kier alpha value is -4.20. The molecule has 0 bridgehead atoms. The molecule has 1 aromatic heterocycles. The summed E-state index contributed by atoms with van der Waals surface area (Å²) >= 11 is 0. The van der Waals surface area contributed by atoms with Crippen molar-refractivity contribution in [3.8, 4) is 11.1 Å². The van der Waals surface area contributed by atoms with Crippen molar-refractivity contribution in [3.05, 3.63) is 72.0 Å². The van der Waals surface area contributed by atoms with E-state index in [0.717, 1.165) is 28.1 Å². The number of H-pyrrole nitrogens is 1. The Labute approximate surface area is 171 Å². The van der Waals surface area contributed by atoms with Gasteiger partial charge >= 0.3 is 6.03 Å². The van der Waals surface area contributed by atoms with Crippen molar-refractivity contribution < 1.29 is 14.0 Å². The average molecular weight is 403 g/mol. The normalized spacial score (nSPS) is 10.7. The molecule has 5 N–H and O–H groups in total. The molecule has 0 unspecified atom stereocenters. The van der Waals surface area contributed by atoms with E-state index in [2.05, 4.69) is 20.8 Å². The minimum absolute atomic E-state index is 0.0704. The van der Waals surface area contributed by atoms with Crippen LogP contribution in [0, 0.1) is 5.82 Å². The number of benzene rings is 3. The molecule has 8 heteroatoms. The maximum Gasteiger partial charge on any atom is 0.323 e. The molecule has 0 saturated carbocycles. The Morgan fingerprint density at radius 1 is 1.03 bits per heavy atom. The predicted octanol–water partition coefficient (Wildman–Crippen LogP) is 4.80. The number of hydrogen-bond donors (Lipinski definition) is 4. The number of nitrogens with two attached hydrogens (primary N) is 1. The molecule has 0 atom stereocenters. The first-order valence-electron chi connectivity index (χ1n) is 9.14. The number of ketones is 1. The van der Waals surface area contributed by atoms with Crippen molar-refractivity contribution in [1.29, 1.82) is 0 Å². The van der Waals surface area contributed by atoms with Crippen LogP contribution in [-0.2, 0) is 0 Å². The van der Waals surface area contributed by atoms with Crippen molar-refractivity contribution in [1.82, 2.24) is 10.2 Å². The highest BCUT2D eigenvalue weighted by atomic mass is 19.1. The Kier molecular flexibility index (Phi) is 4.89. The molecule has 30 heavy (non-hydrogen) atoms. The maximum atomic E-state index is 13.9. The number of nitrogens with one attached hydrogen (secondary N) is 3. The predicted molar refractivity (Wildman–Crippen MR) is 115 cm³/mol. The minimum Gasteiger partial charge on any atom is -0.382 e. The number of nitrogens with zero attached hydrogens (tertiary/aromatic N) is 1. The number of aromatic amines is 1. The third-order valence-corrected chi connectivity index (χ3v) is 4.69. The standard InChI is InChI=1S/C22H18FN5O2/c1-12(29)14-7-10-17(23)19(11-14)26-22(30)25-15-8-5-13(6-9-15)16-3-2-4-18-20(16)21(24)28-27-18/h2-11H,1H3,(H3,24,27,28)(H2,25,26,30). The van der Waals surface area contributed by atoms with E-state index in [9.17, 15) is 14.0 Å². The molecule has 7 nitrogen and oxygen atoms in total. The molecule has 1 heterocycles. The van der Waals surface area contributed by atoms with Crippen LogP contribution in [-0.4, -0.2) is 22.0 Å². The van der Waals surface area contributed by atoms with Crippen LogP contribution < -0.4 is 16.4 Å². The molecule has 0 saturated heterocycles. The van der Waals surface area contributed by atoms with Gasteiger partial charge in [-0.15, -0.1) is 0 Å². The van der Waals surface area contributed by atoms with E-state index < -0.39 is 11.8 Å². The molecule has 0 fully saturated rings. The van der Waals surface area contributed by atoms with Gasteiger partial charge in [0.2, 0.25) is 0 Å². The minimum atomic E-state index is -0.628. The summed E-state index contributed by atoms with van der Waals surface area (Å²) in [5.74, 6) is -0.435. The zero-order valence-corrected chi connectivity index (χ0v) is 16.0. The van der Waals surface area contributed by atoms with E-state index in [4.69, 9.17) is 5.73 Å². The molecule has 0 radical (unpaired) electrons. The molecule has 0 aliphatic heterocycles. The van der Waals surface area contributed by atoms with Gasteiger partial charge in [-0.05, 0) is 54.4 Å². The first-order valence-corrected chi connectivity index (χ1v) is 9.14. The highest BCUT2D eigenvalue weighted by Crippen LogP contribution is 2.31. The van der Waals surface area contributed by atoms with Crippen LogP contribution in [0.2, 0.25) is 0 Å². The van der Waals surface area contributed by atoms with Gasteiger partial charge in [-0.25, -0.2) is 9.18 Å². The van der Waals surface area contributed by atoms with E-state index in [1.165, 1.54) is 19.1 Å². The lowest BCUT2D eigenvalue weighted by atomic mass is 10.0. The number of aromatic nitrogens is 2. The first-order chi connectivity index (χ1) is 14.4. The molecule has 3 aromatic carbocycles. The zero-order chi connectivity index (χ0) is 21.3. The van der Waals surface area contributed by atoms with Crippen molar-refractivity contribution in [2.75, 3.05) is 16.4 Å². The largest absolute Gasteiger partial charge is 0.382 e. The summed E-state index contributed by atoms with van der Waals surface area (Å²) in [6.45, 7) is 1.37. The summed E-state index contributed by atoms with van der Waals surface area (Å²) in [7, 11) is 0. The topological polar surface area (TPSA) is 113 Å². The highest BCUT2D eigenvalue weighted by molar-refractivity contribution is 6.03. The van der Waals surface area contributed by atoms with E-state index in [1.807, 2.05) is 30.3 Å². The third-order valence-electron chi connectivity index (χ3n) is 4.69. The van der Waals surface area contributed by atoms with Gasteiger partial charge in [0.15, 0.2) is 11.6 Å². The Balaban J connectivity index is 1.51. The van der Waals surface area contributed by atoms with Crippen LogP contribution >= 0.6 is 0 Å². The molecule has 0 spiro atoms. The Morgan fingerprint density at radius 2 is 1.80 bits per heavy atom. The smallest absolute Gasteiger partial charge is 0.323 e. The van der Waals surface area contributed by atoms with Crippen LogP contribution in [0.4, 0.5) is 26.4 Å². The van der Waals surface area contributed by atoms with Gasteiger partial charge in [0.1, 0.15) is 5.82 Å². The molecular weight excluding hydrogens is 385 g/mol. The van der Waals surface area contributed by atoms with Crippen molar-refractivity contribution in [2.45, 2.75) is 6.92 Å². The number of carbonyl (C=O) groups is 2. The zero-order valence-electron chi connectivity index (χ0n) is 16.0. The fourth-order valence-electron chi connectivity index (χ4n) is 3.20. The number of fused-ring (bicyclic) bond motifs is 1. The molecule has 4 rings (SSSR count). The van der Waals surface area contributed by atoms with Crippen LogP contribution in [0.1, 0.15) is 17.3 Å². The lowest BCUT2D eigenvalue weighted by molar-refractivity contribution is 0.101. The monoisotopic (exact) mass is 403 g/mol. The summed E-state index contributed by atoms with van der Waals surface area (Å²) in [6.07, 6.45) is 0. The number of rotatable bonds is 4. The SMILES string of the molecule is CC(=O)c1ccc(F)c(NC(=O)Nc2ccc(-c3cccc4[nH]nc(N)c34)cc2)c1. The summed E-state index contributed by atoms with van der Waals surface area (Å²) in [5, 5.41) is 12.8. The van der Waals surface area contributed by atoms with Gasteiger partial charge in [0, 0.05) is 11.3 Å². The van der Waals surface area contributed by atoms with E-state index >= 15 is 0 Å². The number of carbonyl (C=O) groups excluding carboxylic acids is 2. The fourth-order valence-corrected chi connectivity index (χ4v) is 3.20. The van der Waals surface area contributed by atoms with Gasteiger partial charge in [0.05, 0.1) is 16.6 Å². The second-order valence-electron chi connectivity index (χ2n) is 6.74. The van der Waals surface area contributed by atoms with Crippen LogP contribution in [0.15, 0.2) is 60.7 Å². The van der Waals surface area contributed by atoms with Crippen LogP contribution in [0.3, 0.4) is 0 Å². The second kappa shape index (κ2) is 7.67. The summed E-state index contributed by atoms with van der Waals surface area (Å²) in [5.41, 5.74) is 9.38. The molecule has 0 aliphatic carbocycles. The summed E-state index contributed by atoms with van der Waals surface area (Å²) in [4.78, 5) is 23.7. The Bertz CT molecular complexity index is 1260. The van der Waals surface area contributed by atoms with E-state index in [-0.39, 0.29) is 11.5 Å². The average Bonchev–Trinajstić information content (AvgIpc) is 3.11. The number of halogens is 1. The van der Waals surface area contributed by atoms with Crippen LogP contribution in [0.5, 0.6) is 0 Å². The molecule has 150 valence electrons. The molecular formula is C22H18FN5O2. The Morgan fingerprint density at radius 3 is 2.53 bits per heavy atom. The molecule has 2 amide bonds. The van der Waals surface area contributed by atoms with Crippen molar-refractivity contribution in [3.63, 3.8) is 0 Å². The first kappa shape index (κ1) is 19.1. The number of hydrogen-bond acceptors (Lipinski definition) is 4. The molecule has 0 aliphatic rings. The van der Waals surface area contributed by atoms with Crippen molar-refractivity contribution >= 4 is 39.9 Å². The third kappa shape index (κ3) is 3.70. The maximum absolute atomic E-state index is 13.9. The van der Waals surface area contributed by atoms with Crippen molar-refractivity contribution in [2.24, 2.45) is 0 Å². The van der Waals surface area contributed by atoms with E-state index in [1.54, 1.807) is 12.1 Å². The quantitative estimate of drug-likeness (QED) is 0.367. The molecule has 4 aromatic rings. The summed E-state index contributed by atoms with van der Waals surface area (Å²) < 4.78 is 13.9.